The molecule has 0 spiro atoms. The maximum atomic E-state index is 10.0. The van der Waals surface area contributed by atoms with Gasteiger partial charge in [-0.3, -0.25) is 0 Å². The van der Waals surface area contributed by atoms with Crippen molar-refractivity contribution >= 4 is 0 Å². The maximum absolute atomic E-state index is 10.0. The van der Waals surface area contributed by atoms with Crippen molar-refractivity contribution in [1.29, 1.82) is 0 Å². The molecule has 0 bridgehead atoms. The maximum Gasteiger partial charge on any atom is 0.186 e. The van der Waals surface area contributed by atoms with Crippen LogP contribution in [0.3, 0.4) is 0 Å². The van der Waals surface area contributed by atoms with E-state index >= 15 is 0 Å². The molecule has 2 fully saturated rings. The fraction of sp³-hybridized carbons (Fsp3) is 1.00. The van der Waals surface area contributed by atoms with Crippen LogP contribution in [0.15, 0.2) is 0 Å². The molecule has 142 valence electrons. The number of nitrogens with one attached hydrogen (secondary N) is 1. The predicted molar refractivity (Wildman–Crippen MR) is 78.7 cm³/mol. The quantitative estimate of drug-likeness (QED) is 0.241. The van der Waals surface area contributed by atoms with E-state index in [1.807, 2.05) is 0 Å². The van der Waals surface area contributed by atoms with Crippen molar-refractivity contribution in [2.24, 2.45) is 0 Å². The van der Waals surface area contributed by atoms with Gasteiger partial charge in [-0.2, -0.15) is 0 Å². The van der Waals surface area contributed by atoms with E-state index in [1.54, 1.807) is 0 Å². The molecule has 10 nitrogen and oxygen atoms in total. The monoisotopic (exact) mass is 353 g/mol. The Morgan fingerprint density at radius 2 is 1.38 bits per heavy atom. The average Bonchev–Trinajstić information content (AvgIpc) is 2.58. The van der Waals surface area contributed by atoms with Gasteiger partial charge in [0.25, 0.3) is 0 Å². The molecule has 2 aliphatic rings. The van der Waals surface area contributed by atoms with Crippen molar-refractivity contribution in [2.45, 2.75) is 73.9 Å². The summed E-state index contributed by atoms with van der Waals surface area (Å²) in [6.45, 7) is -0.416. The van der Waals surface area contributed by atoms with Gasteiger partial charge in [0.2, 0.25) is 0 Å². The zero-order valence-electron chi connectivity index (χ0n) is 13.3. The number of methoxy groups -OCH3 is 1. The molecular formula is C14H27NO9. The summed E-state index contributed by atoms with van der Waals surface area (Å²) in [7, 11) is 1.30. The molecule has 0 aliphatic carbocycles. The standard InChI is InChI=1S/C14H27NO9/c1-23-14-13(22)12(21)10(19)7(24-14)3-2-5-8(17)11(20)9(18)6(4-16)15-5/h5-22H,2-4H2,1H3/t5-,6?,7?,8?,9+,10+,11?,12?,13?,14-/m0/s1. The van der Waals surface area contributed by atoms with Crippen molar-refractivity contribution in [3.05, 3.63) is 0 Å². The Hall–Kier alpha value is -0.400. The SMILES string of the molecule is CO[C@H]1OC(CC[C@@H]2NC(CO)[C@@H](O)C(O)C2O)[C@@H](O)C(O)C1O. The van der Waals surface area contributed by atoms with Crippen LogP contribution in [0, 0.1) is 0 Å². The Morgan fingerprint density at radius 1 is 0.792 bits per heavy atom. The van der Waals surface area contributed by atoms with E-state index in [1.165, 1.54) is 7.11 Å². The van der Waals surface area contributed by atoms with Crippen molar-refractivity contribution in [3.63, 3.8) is 0 Å². The molecule has 2 aliphatic heterocycles. The molecule has 0 saturated carbocycles. The van der Waals surface area contributed by atoms with Crippen LogP contribution in [0.1, 0.15) is 12.8 Å². The number of hydrogen-bond acceptors (Lipinski definition) is 10. The van der Waals surface area contributed by atoms with Crippen LogP contribution in [-0.2, 0) is 9.47 Å². The zero-order chi connectivity index (χ0) is 18.0. The Labute approximate surface area is 139 Å². The molecule has 24 heavy (non-hydrogen) atoms. The van der Waals surface area contributed by atoms with E-state index in [-0.39, 0.29) is 12.8 Å². The molecule has 0 radical (unpaired) electrons. The first kappa shape index (κ1) is 19.9. The van der Waals surface area contributed by atoms with Gasteiger partial charge in [-0.15, -0.1) is 0 Å². The first-order chi connectivity index (χ1) is 11.3. The predicted octanol–water partition coefficient (Wildman–Crippen LogP) is -4.36. The van der Waals surface area contributed by atoms with Crippen LogP contribution >= 0.6 is 0 Å². The van der Waals surface area contributed by atoms with Gasteiger partial charge < -0.3 is 50.5 Å². The van der Waals surface area contributed by atoms with E-state index < -0.39 is 67.7 Å². The highest BCUT2D eigenvalue weighted by molar-refractivity contribution is 4.99. The van der Waals surface area contributed by atoms with Gasteiger partial charge in [0.1, 0.15) is 24.4 Å². The van der Waals surface area contributed by atoms with Gasteiger partial charge in [0.05, 0.1) is 31.0 Å². The van der Waals surface area contributed by atoms with Gasteiger partial charge in [0.15, 0.2) is 6.29 Å². The van der Waals surface area contributed by atoms with E-state index in [9.17, 15) is 35.7 Å². The van der Waals surface area contributed by atoms with Crippen LogP contribution in [0.2, 0.25) is 0 Å². The summed E-state index contributed by atoms with van der Waals surface area (Å²) >= 11 is 0. The first-order valence-corrected chi connectivity index (χ1v) is 7.95. The van der Waals surface area contributed by atoms with Crippen LogP contribution in [0.25, 0.3) is 0 Å². The molecule has 2 heterocycles. The zero-order valence-corrected chi connectivity index (χ0v) is 13.3. The van der Waals surface area contributed by atoms with E-state index in [0.717, 1.165) is 0 Å². The molecule has 8 N–H and O–H groups in total. The Balaban J connectivity index is 1.96. The van der Waals surface area contributed by atoms with Crippen molar-refractivity contribution in [1.82, 2.24) is 5.32 Å². The highest BCUT2D eigenvalue weighted by Crippen LogP contribution is 2.26. The Bertz CT molecular complexity index is 360. The second-order valence-electron chi connectivity index (χ2n) is 6.36. The summed E-state index contributed by atoms with van der Waals surface area (Å²) in [5.74, 6) is 0. The summed E-state index contributed by atoms with van der Waals surface area (Å²) in [5, 5.41) is 71.2. The molecule has 0 aromatic carbocycles. The second kappa shape index (κ2) is 8.32. The lowest BCUT2D eigenvalue weighted by molar-refractivity contribution is -0.291. The van der Waals surface area contributed by atoms with Gasteiger partial charge in [-0.05, 0) is 12.8 Å². The third-order valence-electron chi connectivity index (χ3n) is 4.81. The molecule has 10 atom stereocenters. The van der Waals surface area contributed by atoms with Crippen LogP contribution < -0.4 is 5.32 Å². The van der Waals surface area contributed by atoms with E-state index in [4.69, 9.17) is 9.47 Å². The van der Waals surface area contributed by atoms with Gasteiger partial charge in [-0.1, -0.05) is 0 Å². The highest BCUT2D eigenvalue weighted by atomic mass is 16.7. The summed E-state index contributed by atoms with van der Waals surface area (Å²) in [6.07, 6.45) is -9.66. The van der Waals surface area contributed by atoms with Crippen molar-refractivity contribution in [3.8, 4) is 0 Å². The first-order valence-electron chi connectivity index (χ1n) is 7.95. The Morgan fingerprint density at radius 3 is 1.96 bits per heavy atom. The number of hydrogen-bond donors (Lipinski definition) is 8. The summed E-state index contributed by atoms with van der Waals surface area (Å²) in [6, 6.07) is -1.44. The number of piperidine rings is 1. The molecular weight excluding hydrogens is 326 g/mol. The number of aliphatic hydroxyl groups is 7. The van der Waals surface area contributed by atoms with Crippen molar-refractivity contribution in [2.75, 3.05) is 13.7 Å². The van der Waals surface area contributed by atoms with E-state index in [0.29, 0.717) is 0 Å². The van der Waals surface area contributed by atoms with Crippen LogP contribution in [-0.4, -0.2) is 111 Å². The lowest BCUT2D eigenvalue weighted by Crippen LogP contribution is -2.66. The third kappa shape index (κ3) is 3.88. The molecule has 6 unspecified atom stereocenters. The van der Waals surface area contributed by atoms with Gasteiger partial charge >= 0.3 is 0 Å². The van der Waals surface area contributed by atoms with Crippen LogP contribution in [0.5, 0.6) is 0 Å². The minimum atomic E-state index is -1.43. The third-order valence-corrected chi connectivity index (χ3v) is 4.81. The smallest absolute Gasteiger partial charge is 0.186 e. The lowest BCUT2D eigenvalue weighted by Gasteiger charge is -2.43. The molecule has 2 saturated heterocycles. The van der Waals surface area contributed by atoms with Crippen molar-refractivity contribution < 1.29 is 45.2 Å². The fourth-order valence-electron chi connectivity index (χ4n) is 3.26. The topological polar surface area (TPSA) is 172 Å². The van der Waals surface area contributed by atoms with Crippen LogP contribution in [0.4, 0.5) is 0 Å². The molecule has 0 aromatic rings. The lowest BCUT2D eigenvalue weighted by atomic mass is 9.86. The fourth-order valence-corrected chi connectivity index (χ4v) is 3.26. The number of rotatable bonds is 5. The normalized spacial score (nSPS) is 50.0. The summed E-state index contributed by atoms with van der Waals surface area (Å²) < 4.78 is 10.3. The van der Waals surface area contributed by atoms with Gasteiger partial charge in [0, 0.05) is 13.2 Å². The Kier molecular flexibility index (Phi) is 6.90. The minimum absolute atomic E-state index is 0.181. The number of ether oxygens (including phenoxy) is 2. The average molecular weight is 353 g/mol. The van der Waals surface area contributed by atoms with Gasteiger partial charge in [-0.25, -0.2) is 0 Å². The summed E-state index contributed by atoms with van der Waals surface area (Å²) in [4.78, 5) is 0. The highest BCUT2D eigenvalue weighted by Gasteiger charge is 2.45. The molecule has 0 aromatic heterocycles. The number of aliphatic hydroxyl groups excluding tert-OH is 7. The molecule has 0 amide bonds. The minimum Gasteiger partial charge on any atom is -0.395 e. The largest absolute Gasteiger partial charge is 0.395 e. The second-order valence-corrected chi connectivity index (χ2v) is 6.36. The van der Waals surface area contributed by atoms with E-state index in [2.05, 4.69) is 5.32 Å². The summed E-state index contributed by atoms with van der Waals surface area (Å²) in [5.41, 5.74) is 0. The molecule has 2 rings (SSSR count). The molecule has 10 heteroatoms.